The monoisotopic (exact) mass is 253 g/mol. The molecule has 2 heterocycles. The number of alkyl halides is 3. The maximum Gasteiger partial charge on any atom is 0.416 e. The zero-order valence-corrected chi connectivity index (χ0v) is 9.80. The van der Waals surface area contributed by atoms with E-state index in [4.69, 9.17) is 0 Å². The lowest BCUT2D eigenvalue weighted by molar-refractivity contribution is -0.137. The van der Waals surface area contributed by atoms with E-state index in [2.05, 4.69) is 11.4 Å². The fraction of sp³-hybridized carbons (Fsp3) is 0.429. The molecule has 96 valence electrons. The summed E-state index contributed by atoms with van der Waals surface area (Å²) in [6.07, 6.45) is 0.857. The fourth-order valence-corrected chi connectivity index (χ4v) is 2.83. The van der Waals surface area contributed by atoms with Crippen molar-refractivity contribution in [2.75, 3.05) is 0 Å². The van der Waals surface area contributed by atoms with Crippen LogP contribution in [0.3, 0.4) is 0 Å². The van der Waals surface area contributed by atoms with Gasteiger partial charge in [0.1, 0.15) is 0 Å². The number of hydrogen-bond acceptors (Lipinski definition) is 1. The van der Waals surface area contributed by atoms with E-state index in [1.807, 2.05) is 0 Å². The first kappa shape index (κ1) is 11.8. The van der Waals surface area contributed by atoms with Gasteiger partial charge < -0.3 is 5.32 Å². The Kier molecular flexibility index (Phi) is 2.70. The zero-order valence-electron chi connectivity index (χ0n) is 9.80. The highest BCUT2D eigenvalue weighted by Gasteiger charge is 2.32. The lowest BCUT2D eigenvalue weighted by Crippen LogP contribution is -2.31. The van der Waals surface area contributed by atoms with Gasteiger partial charge in [0.25, 0.3) is 0 Å². The van der Waals surface area contributed by atoms with Crippen LogP contribution in [-0.4, -0.2) is 12.1 Å². The molecule has 0 spiro atoms. The summed E-state index contributed by atoms with van der Waals surface area (Å²) in [7, 11) is 0. The topological polar surface area (TPSA) is 12.0 Å². The Labute approximate surface area is 104 Å². The van der Waals surface area contributed by atoms with Gasteiger partial charge in [-0.3, -0.25) is 0 Å². The summed E-state index contributed by atoms with van der Waals surface area (Å²) < 4.78 is 38.0. The van der Waals surface area contributed by atoms with E-state index in [1.165, 1.54) is 12.1 Å². The highest BCUT2D eigenvalue weighted by Crippen LogP contribution is 2.35. The second kappa shape index (κ2) is 4.12. The molecule has 2 bridgehead atoms. The zero-order chi connectivity index (χ0) is 12.8. The van der Waals surface area contributed by atoms with Gasteiger partial charge in [-0.25, -0.2) is 0 Å². The molecule has 1 nitrogen and oxygen atoms in total. The van der Waals surface area contributed by atoms with Crippen molar-refractivity contribution in [2.45, 2.75) is 37.5 Å². The Morgan fingerprint density at radius 3 is 2.72 bits per heavy atom. The van der Waals surface area contributed by atoms with Crippen LogP contribution in [0.5, 0.6) is 0 Å². The van der Waals surface area contributed by atoms with E-state index in [-0.39, 0.29) is 0 Å². The lowest BCUT2D eigenvalue weighted by atomic mass is 9.95. The van der Waals surface area contributed by atoms with Crippen LogP contribution in [0.4, 0.5) is 13.2 Å². The highest BCUT2D eigenvalue weighted by atomic mass is 19.4. The molecule has 1 saturated heterocycles. The molecule has 0 amide bonds. The second-order valence-electron chi connectivity index (χ2n) is 5.02. The van der Waals surface area contributed by atoms with Gasteiger partial charge in [-0.2, -0.15) is 13.2 Å². The minimum atomic E-state index is -4.26. The third-order valence-electron chi connectivity index (χ3n) is 3.71. The Morgan fingerprint density at radius 1 is 1.17 bits per heavy atom. The van der Waals surface area contributed by atoms with E-state index in [9.17, 15) is 13.2 Å². The van der Waals surface area contributed by atoms with Crippen LogP contribution in [0.1, 0.15) is 30.4 Å². The Balaban J connectivity index is 1.93. The van der Waals surface area contributed by atoms with E-state index in [0.29, 0.717) is 17.6 Å². The van der Waals surface area contributed by atoms with Crippen LogP contribution in [0, 0.1) is 0 Å². The molecule has 1 aromatic rings. The summed E-state index contributed by atoms with van der Waals surface area (Å²) in [6.45, 7) is 0. The van der Waals surface area contributed by atoms with Crippen molar-refractivity contribution in [2.24, 2.45) is 0 Å². The Morgan fingerprint density at radius 2 is 2.00 bits per heavy atom. The summed E-state index contributed by atoms with van der Waals surface area (Å²) in [4.78, 5) is 0. The van der Waals surface area contributed by atoms with Crippen molar-refractivity contribution >= 4 is 5.57 Å². The van der Waals surface area contributed by atoms with Crippen molar-refractivity contribution in [3.8, 4) is 0 Å². The van der Waals surface area contributed by atoms with Crippen molar-refractivity contribution in [1.29, 1.82) is 0 Å². The van der Waals surface area contributed by atoms with Crippen LogP contribution >= 0.6 is 0 Å². The summed E-state index contributed by atoms with van der Waals surface area (Å²) in [5, 5.41) is 3.44. The molecule has 2 aliphatic heterocycles. The minimum absolute atomic E-state index is 0.341. The standard InChI is InChI=1S/C14H14F3N/c15-14(16,17)11-3-1-2-9(6-11)10-7-12-4-5-13(8-10)18-12/h1-3,6-7,12-13,18H,4-5,8H2. The van der Waals surface area contributed by atoms with Crippen LogP contribution in [0.2, 0.25) is 0 Å². The second-order valence-corrected chi connectivity index (χ2v) is 5.02. The van der Waals surface area contributed by atoms with Gasteiger partial charge in [-0.15, -0.1) is 0 Å². The largest absolute Gasteiger partial charge is 0.416 e. The first-order chi connectivity index (χ1) is 8.52. The quantitative estimate of drug-likeness (QED) is 0.806. The molecule has 2 unspecified atom stereocenters. The molecule has 4 heteroatoms. The van der Waals surface area contributed by atoms with E-state index < -0.39 is 11.7 Å². The van der Waals surface area contributed by atoms with Gasteiger partial charge >= 0.3 is 6.18 Å². The number of rotatable bonds is 1. The summed E-state index contributed by atoms with van der Waals surface area (Å²) in [6, 6.07) is 6.42. The van der Waals surface area contributed by atoms with Crippen LogP contribution in [-0.2, 0) is 6.18 Å². The molecule has 3 rings (SSSR count). The molecule has 0 radical (unpaired) electrons. The van der Waals surface area contributed by atoms with Gasteiger partial charge in [0.2, 0.25) is 0 Å². The number of nitrogens with one attached hydrogen (secondary N) is 1. The van der Waals surface area contributed by atoms with Gasteiger partial charge in [-0.05, 0) is 42.5 Å². The van der Waals surface area contributed by atoms with Crippen molar-refractivity contribution in [3.63, 3.8) is 0 Å². The number of fused-ring (bicyclic) bond motifs is 2. The van der Waals surface area contributed by atoms with Gasteiger partial charge in [0.15, 0.2) is 0 Å². The molecule has 1 fully saturated rings. The van der Waals surface area contributed by atoms with Crippen molar-refractivity contribution in [1.82, 2.24) is 5.32 Å². The molecule has 0 aromatic heterocycles. The number of hydrogen-bond donors (Lipinski definition) is 1. The Hall–Kier alpha value is -1.29. The molecule has 1 N–H and O–H groups in total. The number of benzene rings is 1. The molecule has 2 aliphatic rings. The molecule has 2 atom stereocenters. The van der Waals surface area contributed by atoms with Gasteiger partial charge in [-0.1, -0.05) is 18.2 Å². The smallest absolute Gasteiger partial charge is 0.307 e. The lowest BCUT2D eigenvalue weighted by Gasteiger charge is -2.22. The normalized spacial score (nSPS) is 27.2. The van der Waals surface area contributed by atoms with E-state index >= 15 is 0 Å². The average Bonchev–Trinajstić information content (AvgIpc) is 2.67. The molecule has 0 saturated carbocycles. The maximum absolute atomic E-state index is 12.7. The summed E-state index contributed by atoms with van der Waals surface area (Å²) >= 11 is 0. The maximum atomic E-state index is 12.7. The van der Waals surface area contributed by atoms with Crippen molar-refractivity contribution < 1.29 is 13.2 Å². The SMILES string of the molecule is FC(F)(F)c1cccc(C2=CC3CCC(C2)N3)c1. The third-order valence-corrected chi connectivity index (χ3v) is 3.71. The molecule has 18 heavy (non-hydrogen) atoms. The van der Waals surface area contributed by atoms with Crippen LogP contribution < -0.4 is 5.32 Å². The summed E-state index contributed by atoms with van der Waals surface area (Å²) in [5.41, 5.74) is 1.20. The first-order valence-electron chi connectivity index (χ1n) is 6.17. The molecular weight excluding hydrogens is 239 g/mol. The van der Waals surface area contributed by atoms with Crippen LogP contribution in [0.15, 0.2) is 30.3 Å². The van der Waals surface area contributed by atoms with Gasteiger partial charge in [0.05, 0.1) is 5.56 Å². The molecule has 0 aliphatic carbocycles. The highest BCUT2D eigenvalue weighted by molar-refractivity contribution is 5.68. The van der Waals surface area contributed by atoms with Gasteiger partial charge in [0, 0.05) is 12.1 Å². The number of halogens is 3. The third kappa shape index (κ3) is 2.17. The fourth-order valence-electron chi connectivity index (χ4n) is 2.83. The molecular formula is C14H14F3N. The predicted molar refractivity (Wildman–Crippen MR) is 64.0 cm³/mol. The minimum Gasteiger partial charge on any atom is -0.307 e. The van der Waals surface area contributed by atoms with E-state index in [0.717, 1.165) is 30.9 Å². The van der Waals surface area contributed by atoms with Crippen LogP contribution in [0.25, 0.3) is 5.57 Å². The first-order valence-corrected chi connectivity index (χ1v) is 6.17. The average molecular weight is 253 g/mol. The molecule has 1 aromatic carbocycles. The summed E-state index contributed by atoms with van der Waals surface area (Å²) in [5.74, 6) is 0. The predicted octanol–water partition coefficient (Wildman–Crippen LogP) is 3.61. The van der Waals surface area contributed by atoms with Crippen molar-refractivity contribution in [3.05, 3.63) is 41.5 Å². The van der Waals surface area contributed by atoms with E-state index in [1.54, 1.807) is 6.07 Å². The Bertz CT molecular complexity index is 490.